The fraction of sp³-hybridized carbons (Fsp3) is 0.0833. The number of hydrogen-bond donors (Lipinski definition) is 2. The number of thiol groups is 1. The second kappa shape index (κ2) is 4.71. The third kappa shape index (κ3) is 1.97. The van der Waals surface area contributed by atoms with Crippen molar-refractivity contribution in [1.29, 1.82) is 0 Å². The lowest BCUT2D eigenvalue weighted by molar-refractivity contribution is 0.434. The quantitative estimate of drug-likeness (QED) is 0.711. The van der Waals surface area contributed by atoms with E-state index in [0.29, 0.717) is 0 Å². The van der Waals surface area contributed by atoms with Crippen LogP contribution in [0.25, 0.3) is 5.78 Å². The van der Waals surface area contributed by atoms with E-state index in [1.807, 2.05) is 0 Å². The van der Waals surface area contributed by atoms with Gasteiger partial charge < -0.3 is 5.11 Å². The average Bonchev–Trinajstić information content (AvgIpc) is 2.90. The van der Waals surface area contributed by atoms with Gasteiger partial charge in [-0.15, -0.1) is 0 Å². The molecule has 20 heavy (non-hydrogen) atoms. The Kier molecular flexibility index (Phi) is 3.01. The van der Waals surface area contributed by atoms with Crippen molar-refractivity contribution < 1.29 is 13.9 Å². The van der Waals surface area contributed by atoms with Crippen molar-refractivity contribution in [1.82, 2.24) is 19.6 Å². The van der Waals surface area contributed by atoms with Crippen LogP contribution in [0.2, 0.25) is 0 Å². The molecule has 1 atom stereocenters. The van der Waals surface area contributed by atoms with Crippen LogP contribution < -0.4 is 0 Å². The van der Waals surface area contributed by atoms with Crippen LogP contribution in [0.3, 0.4) is 0 Å². The SMILES string of the molecule is Oc1cc(C(S)c2cccc(F)c2F)nc2ncnn12. The maximum Gasteiger partial charge on any atom is 0.255 e. The Morgan fingerprint density at radius 3 is 2.90 bits per heavy atom. The lowest BCUT2D eigenvalue weighted by atomic mass is 10.1. The first-order chi connectivity index (χ1) is 9.58. The number of benzene rings is 1. The van der Waals surface area contributed by atoms with Gasteiger partial charge in [-0.25, -0.2) is 13.8 Å². The number of rotatable bonds is 2. The predicted octanol–water partition coefficient (Wildman–Crippen LogP) is 2.13. The maximum atomic E-state index is 13.7. The summed E-state index contributed by atoms with van der Waals surface area (Å²) in [5, 5.41) is 12.7. The van der Waals surface area contributed by atoms with Crippen LogP contribution in [0.4, 0.5) is 8.78 Å². The third-order valence-corrected chi connectivity index (χ3v) is 3.35. The largest absolute Gasteiger partial charge is 0.493 e. The van der Waals surface area contributed by atoms with E-state index >= 15 is 0 Å². The zero-order valence-corrected chi connectivity index (χ0v) is 10.8. The van der Waals surface area contributed by atoms with Crippen LogP contribution in [0, 0.1) is 11.6 Å². The molecule has 0 bridgehead atoms. The molecule has 102 valence electrons. The summed E-state index contributed by atoms with van der Waals surface area (Å²) in [6.07, 6.45) is 1.22. The van der Waals surface area contributed by atoms with Crippen molar-refractivity contribution in [3.05, 3.63) is 53.5 Å². The van der Waals surface area contributed by atoms with E-state index in [2.05, 4.69) is 27.7 Å². The lowest BCUT2D eigenvalue weighted by Gasteiger charge is -2.12. The Bertz CT molecular complexity index is 792. The molecule has 1 unspecified atom stereocenters. The number of fused-ring (bicyclic) bond motifs is 1. The normalized spacial score (nSPS) is 12.8. The van der Waals surface area contributed by atoms with Gasteiger partial charge in [0, 0.05) is 11.6 Å². The van der Waals surface area contributed by atoms with Crippen LogP contribution >= 0.6 is 12.6 Å². The van der Waals surface area contributed by atoms with Gasteiger partial charge in [0.2, 0.25) is 5.88 Å². The van der Waals surface area contributed by atoms with Crippen molar-refractivity contribution in [2.24, 2.45) is 0 Å². The standard InChI is InChI=1S/C12H8F2N4OS/c13-7-3-1-2-6(10(7)14)11(20)8-4-9(19)18-12(17-8)15-5-16-18/h1-5,11,19-20H. The predicted molar refractivity (Wildman–Crippen MR) is 69.6 cm³/mol. The molecule has 0 aliphatic heterocycles. The highest BCUT2D eigenvalue weighted by Gasteiger charge is 2.20. The summed E-state index contributed by atoms with van der Waals surface area (Å²) in [6.45, 7) is 0. The Morgan fingerprint density at radius 1 is 1.30 bits per heavy atom. The summed E-state index contributed by atoms with van der Waals surface area (Å²) < 4.78 is 28.1. The molecule has 0 spiro atoms. The molecule has 2 heterocycles. The Balaban J connectivity index is 2.12. The van der Waals surface area contributed by atoms with Crippen LogP contribution in [0.5, 0.6) is 5.88 Å². The van der Waals surface area contributed by atoms with Crippen molar-refractivity contribution in [2.75, 3.05) is 0 Å². The van der Waals surface area contributed by atoms with Crippen LogP contribution in [0.15, 0.2) is 30.6 Å². The Morgan fingerprint density at radius 2 is 2.10 bits per heavy atom. The van der Waals surface area contributed by atoms with Gasteiger partial charge >= 0.3 is 0 Å². The fourth-order valence-electron chi connectivity index (χ4n) is 1.85. The first-order valence-electron chi connectivity index (χ1n) is 5.59. The minimum atomic E-state index is -0.991. The lowest BCUT2D eigenvalue weighted by Crippen LogP contribution is -2.04. The first-order valence-corrected chi connectivity index (χ1v) is 6.11. The van der Waals surface area contributed by atoms with Crippen molar-refractivity contribution in [3.63, 3.8) is 0 Å². The smallest absolute Gasteiger partial charge is 0.255 e. The van der Waals surface area contributed by atoms with E-state index in [1.165, 1.54) is 24.5 Å². The summed E-state index contributed by atoms with van der Waals surface area (Å²) in [5.74, 6) is -2.02. The molecule has 0 aliphatic rings. The second-order valence-corrected chi connectivity index (χ2v) is 4.57. The summed E-state index contributed by atoms with van der Waals surface area (Å²) in [5.41, 5.74) is 0.278. The Hall–Kier alpha value is -2.22. The van der Waals surface area contributed by atoms with Gasteiger partial charge in [0.15, 0.2) is 11.6 Å². The topological polar surface area (TPSA) is 63.3 Å². The molecule has 1 N–H and O–H groups in total. The van der Waals surface area contributed by atoms with Gasteiger partial charge in [-0.05, 0) is 6.07 Å². The van der Waals surface area contributed by atoms with Gasteiger partial charge in [-0.3, -0.25) is 0 Å². The molecule has 8 heteroatoms. The molecule has 3 aromatic rings. The molecule has 0 saturated heterocycles. The van der Waals surface area contributed by atoms with E-state index < -0.39 is 16.9 Å². The minimum absolute atomic E-state index is 0.0316. The van der Waals surface area contributed by atoms with Crippen LogP contribution in [0.1, 0.15) is 16.5 Å². The molecule has 0 aliphatic carbocycles. The second-order valence-electron chi connectivity index (χ2n) is 4.06. The highest BCUT2D eigenvalue weighted by Crippen LogP contribution is 2.31. The zero-order valence-electron chi connectivity index (χ0n) is 9.90. The van der Waals surface area contributed by atoms with Gasteiger partial charge in [-0.2, -0.15) is 27.2 Å². The number of aromatic hydroxyl groups is 1. The Labute approximate surface area is 117 Å². The molecule has 3 rings (SSSR count). The molecular formula is C12H8F2N4OS. The van der Waals surface area contributed by atoms with Crippen molar-refractivity contribution >= 4 is 18.4 Å². The minimum Gasteiger partial charge on any atom is -0.493 e. The number of hydrogen-bond acceptors (Lipinski definition) is 5. The summed E-state index contributed by atoms with van der Waals surface area (Å²) >= 11 is 4.24. The number of nitrogens with zero attached hydrogens (tertiary/aromatic N) is 4. The van der Waals surface area contributed by atoms with E-state index in [9.17, 15) is 13.9 Å². The number of aromatic nitrogens is 4. The molecular weight excluding hydrogens is 286 g/mol. The van der Waals surface area contributed by atoms with Gasteiger partial charge in [-0.1, -0.05) is 12.1 Å². The molecule has 0 saturated carbocycles. The fourth-order valence-corrected chi connectivity index (χ4v) is 2.18. The van der Waals surface area contributed by atoms with Crippen molar-refractivity contribution in [2.45, 2.75) is 5.25 Å². The van der Waals surface area contributed by atoms with E-state index in [-0.39, 0.29) is 22.9 Å². The third-order valence-electron chi connectivity index (χ3n) is 2.81. The highest BCUT2D eigenvalue weighted by atomic mass is 32.1. The van der Waals surface area contributed by atoms with Crippen LogP contribution in [-0.4, -0.2) is 24.7 Å². The molecule has 1 aromatic carbocycles. The van der Waals surface area contributed by atoms with E-state index in [4.69, 9.17) is 0 Å². The van der Waals surface area contributed by atoms with E-state index in [0.717, 1.165) is 10.6 Å². The van der Waals surface area contributed by atoms with Gasteiger partial charge in [0.05, 0.1) is 10.9 Å². The first kappa shape index (κ1) is 12.8. The van der Waals surface area contributed by atoms with Crippen molar-refractivity contribution in [3.8, 4) is 5.88 Å². The van der Waals surface area contributed by atoms with E-state index in [1.54, 1.807) is 0 Å². The van der Waals surface area contributed by atoms with Crippen LogP contribution in [-0.2, 0) is 0 Å². The molecule has 0 radical (unpaired) electrons. The average molecular weight is 294 g/mol. The van der Waals surface area contributed by atoms with Gasteiger partial charge in [0.1, 0.15) is 6.33 Å². The monoisotopic (exact) mass is 294 g/mol. The molecule has 2 aromatic heterocycles. The summed E-state index contributed by atoms with van der Waals surface area (Å²) in [4.78, 5) is 7.94. The molecule has 0 fully saturated rings. The molecule has 0 amide bonds. The highest BCUT2D eigenvalue weighted by molar-refractivity contribution is 7.80. The zero-order chi connectivity index (χ0) is 14.3. The summed E-state index contributed by atoms with van der Waals surface area (Å²) in [6, 6.07) is 5.09. The maximum absolute atomic E-state index is 13.7. The summed E-state index contributed by atoms with van der Waals surface area (Å²) in [7, 11) is 0. The molecule has 5 nitrogen and oxygen atoms in total. The van der Waals surface area contributed by atoms with Gasteiger partial charge in [0.25, 0.3) is 5.78 Å². The number of halogens is 2.